The predicted molar refractivity (Wildman–Crippen MR) is 71.2 cm³/mol. The van der Waals surface area contributed by atoms with E-state index in [1.54, 1.807) is 0 Å². The van der Waals surface area contributed by atoms with Gasteiger partial charge in [0.25, 0.3) is 0 Å². The number of nitrogen functional groups attached to an aromatic ring is 1. The molecule has 17 heavy (non-hydrogen) atoms. The molecule has 0 amide bonds. The minimum atomic E-state index is 0.687. The number of anilines is 1. The third-order valence-corrected chi connectivity index (χ3v) is 2.95. The van der Waals surface area contributed by atoms with E-state index in [0.717, 1.165) is 34.2 Å². The van der Waals surface area contributed by atoms with Crippen LogP contribution in [0.4, 0.5) is 5.69 Å². The molecule has 2 heteroatoms. The van der Waals surface area contributed by atoms with Gasteiger partial charge in [-0.15, -0.1) is 0 Å². The Bertz CT molecular complexity index is 556. The summed E-state index contributed by atoms with van der Waals surface area (Å²) in [7, 11) is 0. The van der Waals surface area contributed by atoms with Gasteiger partial charge in [0.05, 0.1) is 0 Å². The van der Waals surface area contributed by atoms with Gasteiger partial charge in [-0.3, -0.25) is 4.79 Å². The van der Waals surface area contributed by atoms with Gasteiger partial charge in [-0.25, -0.2) is 0 Å². The lowest BCUT2D eigenvalue weighted by molar-refractivity contribution is 0.112. The minimum absolute atomic E-state index is 0.687. The van der Waals surface area contributed by atoms with Gasteiger partial charge < -0.3 is 5.73 Å². The van der Waals surface area contributed by atoms with Gasteiger partial charge >= 0.3 is 0 Å². The third-order valence-electron chi connectivity index (χ3n) is 2.95. The van der Waals surface area contributed by atoms with Crippen molar-refractivity contribution >= 4 is 12.0 Å². The first-order valence-electron chi connectivity index (χ1n) is 5.54. The van der Waals surface area contributed by atoms with E-state index in [2.05, 4.69) is 6.07 Å². The highest BCUT2D eigenvalue weighted by Crippen LogP contribution is 2.28. The second-order valence-electron chi connectivity index (χ2n) is 4.27. The highest BCUT2D eigenvalue weighted by molar-refractivity contribution is 5.79. The lowest BCUT2D eigenvalue weighted by Gasteiger charge is -2.10. The Kier molecular flexibility index (Phi) is 2.96. The van der Waals surface area contributed by atoms with E-state index >= 15 is 0 Å². The molecular formula is C15H15NO. The first kappa shape index (κ1) is 11.4. The van der Waals surface area contributed by atoms with Crippen LogP contribution in [0.25, 0.3) is 11.1 Å². The number of carbonyl (C=O) groups is 1. The van der Waals surface area contributed by atoms with Gasteiger partial charge in [-0.2, -0.15) is 0 Å². The molecule has 0 bridgehead atoms. The van der Waals surface area contributed by atoms with Gasteiger partial charge in [0.1, 0.15) is 6.29 Å². The second-order valence-corrected chi connectivity index (χ2v) is 4.27. The van der Waals surface area contributed by atoms with Crippen LogP contribution in [-0.2, 0) is 0 Å². The van der Waals surface area contributed by atoms with E-state index in [1.165, 1.54) is 0 Å². The molecule has 2 nitrogen and oxygen atoms in total. The van der Waals surface area contributed by atoms with Crippen LogP contribution in [0.3, 0.4) is 0 Å². The summed E-state index contributed by atoms with van der Waals surface area (Å²) >= 11 is 0. The lowest BCUT2D eigenvalue weighted by atomic mass is 9.96. The van der Waals surface area contributed by atoms with Crippen molar-refractivity contribution in [3.05, 3.63) is 53.1 Å². The Morgan fingerprint density at radius 3 is 2.29 bits per heavy atom. The van der Waals surface area contributed by atoms with Crippen LogP contribution >= 0.6 is 0 Å². The van der Waals surface area contributed by atoms with Crippen molar-refractivity contribution in [2.24, 2.45) is 0 Å². The van der Waals surface area contributed by atoms with Crippen molar-refractivity contribution < 1.29 is 4.79 Å². The summed E-state index contributed by atoms with van der Waals surface area (Å²) in [6.07, 6.45) is 0.848. The summed E-state index contributed by atoms with van der Waals surface area (Å²) in [5.74, 6) is 0. The predicted octanol–water partition coefficient (Wildman–Crippen LogP) is 3.37. The normalized spacial score (nSPS) is 10.2. The molecule has 0 saturated carbocycles. The number of aldehydes is 1. The zero-order valence-electron chi connectivity index (χ0n) is 10.0. The molecule has 2 N–H and O–H groups in total. The van der Waals surface area contributed by atoms with E-state index in [1.807, 2.05) is 44.2 Å². The summed E-state index contributed by atoms with van der Waals surface area (Å²) in [5, 5.41) is 0. The van der Waals surface area contributed by atoms with E-state index in [4.69, 9.17) is 5.73 Å². The van der Waals surface area contributed by atoms with Gasteiger partial charge in [-0.05, 0) is 42.2 Å². The van der Waals surface area contributed by atoms with Crippen LogP contribution in [0.2, 0.25) is 0 Å². The lowest BCUT2D eigenvalue weighted by Crippen LogP contribution is -1.94. The molecule has 86 valence electrons. The smallest absolute Gasteiger partial charge is 0.150 e. The number of benzene rings is 2. The molecule has 0 unspecified atom stereocenters. The zero-order valence-corrected chi connectivity index (χ0v) is 10.0. The Morgan fingerprint density at radius 2 is 1.71 bits per heavy atom. The minimum Gasteiger partial charge on any atom is -0.398 e. The molecule has 2 aromatic carbocycles. The fourth-order valence-electron chi connectivity index (χ4n) is 1.93. The fourth-order valence-corrected chi connectivity index (χ4v) is 1.93. The Hall–Kier alpha value is -2.09. The van der Waals surface area contributed by atoms with E-state index < -0.39 is 0 Å². The number of nitrogens with two attached hydrogens (primary N) is 1. The number of hydrogen-bond donors (Lipinski definition) is 1. The Balaban J connectivity index is 2.55. The average molecular weight is 225 g/mol. The van der Waals surface area contributed by atoms with Gasteiger partial charge in [0, 0.05) is 11.3 Å². The SMILES string of the molecule is Cc1cc(N)c(C)c(-c2ccc(C=O)cc2)c1. The van der Waals surface area contributed by atoms with Crippen LogP contribution in [0.5, 0.6) is 0 Å². The summed E-state index contributed by atoms with van der Waals surface area (Å²) < 4.78 is 0. The molecule has 0 spiro atoms. The molecule has 0 aromatic heterocycles. The van der Waals surface area contributed by atoms with Crippen molar-refractivity contribution in [1.29, 1.82) is 0 Å². The molecular weight excluding hydrogens is 210 g/mol. The van der Waals surface area contributed by atoms with Crippen LogP contribution in [0.1, 0.15) is 21.5 Å². The highest BCUT2D eigenvalue weighted by atomic mass is 16.1. The van der Waals surface area contributed by atoms with Crippen LogP contribution in [-0.4, -0.2) is 6.29 Å². The summed E-state index contributed by atoms with van der Waals surface area (Å²) in [6.45, 7) is 4.04. The molecule has 0 fully saturated rings. The summed E-state index contributed by atoms with van der Waals surface area (Å²) in [6, 6.07) is 11.6. The van der Waals surface area contributed by atoms with E-state index in [9.17, 15) is 4.79 Å². The van der Waals surface area contributed by atoms with Gasteiger partial charge in [0.2, 0.25) is 0 Å². The third kappa shape index (κ3) is 2.21. The average Bonchev–Trinajstić information content (AvgIpc) is 2.34. The van der Waals surface area contributed by atoms with Gasteiger partial charge in [0.15, 0.2) is 0 Å². The number of hydrogen-bond acceptors (Lipinski definition) is 2. The van der Waals surface area contributed by atoms with Crippen molar-refractivity contribution in [2.75, 3.05) is 5.73 Å². The van der Waals surface area contributed by atoms with Gasteiger partial charge in [-0.1, -0.05) is 30.3 Å². The van der Waals surface area contributed by atoms with E-state index in [-0.39, 0.29) is 0 Å². The monoisotopic (exact) mass is 225 g/mol. The summed E-state index contributed by atoms with van der Waals surface area (Å²) in [4.78, 5) is 10.6. The fraction of sp³-hybridized carbons (Fsp3) is 0.133. The molecule has 0 aliphatic carbocycles. The van der Waals surface area contributed by atoms with Crippen molar-refractivity contribution in [3.63, 3.8) is 0 Å². The van der Waals surface area contributed by atoms with Crippen LogP contribution in [0.15, 0.2) is 36.4 Å². The molecule has 0 heterocycles. The van der Waals surface area contributed by atoms with Crippen molar-refractivity contribution in [1.82, 2.24) is 0 Å². The Labute approximate surface area is 101 Å². The highest BCUT2D eigenvalue weighted by Gasteiger charge is 2.05. The molecule has 0 atom stereocenters. The summed E-state index contributed by atoms with van der Waals surface area (Å²) in [5.41, 5.74) is 11.9. The largest absolute Gasteiger partial charge is 0.398 e. The zero-order chi connectivity index (χ0) is 12.4. The second kappa shape index (κ2) is 4.42. The molecule has 0 saturated heterocycles. The molecule has 0 aliphatic rings. The Morgan fingerprint density at radius 1 is 1.06 bits per heavy atom. The number of rotatable bonds is 2. The van der Waals surface area contributed by atoms with Crippen LogP contribution in [0, 0.1) is 13.8 Å². The molecule has 2 rings (SSSR count). The maximum Gasteiger partial charge on any atom is 0.150 e. The quantitative estimate of drug-likeness (QED) is 0.629. The van der Waals surface area contributed by atoms with E-state index in [0.29, 0.717) is 5.56 Å². The molecule has 0 aliphatic heterocycles. The maximum atomic E-state index is 10.6. The first-order chi connectivity index (χ1) is 8.11. The topological polar surface area (TPSA) is 43.1 Å². The molecule has 0 radical (unpaired) electrons. The number of carbonyl (C=O) groups excluding carboxylic acids is 1. The maximum absolute atomic E-state index is 10.6. The van der Waals surface area contributed by atoms with Crippen molar-refractivity contribution in [2.45, 2.75) is 13.8 Å². The molecule has 2 aromatic rings. The van der Waals surface area contributed by atoms with Crippen LogP contribution < -0.4 is 5.73 Å². The first-order valence-corrected chi connectivity index (χ1v) is 5.54. The van der Waals surface area contributed by atoms with Crippen molar-refractivity contribution in [3.8, 4) is 11.1 Å². The number of aryl methyl sites for hydroxylation is 1. The standard InChI is InChI=1S/C15H15NO/c1-10-7-14(11(2)15(16)8-10)13-5-3-12(9-17)4-6-13/h3-9H,16H2,1-2H3.